The highest BCUT2D eigenvalue weighted by molar-refractivity contribution is 9.09. The summed E-state index contributed by atoms with van der Waals surface area (Å²) in [5, 5.41) is -0.864. The lowest BCUT2D eigenvalue weighted by atomic mass is 10.2. The third-order valence-electron chi connectivity index (χ3n) is 1.99. The van der Waals surface area contributed by atoms with Crippen molar-refractivity contribution in [3.8, 4) is 0 Å². The first-order chi connectivity index (χ1) is 7.41. The van der Waals surface area contributed by atoms with E-state index in [1.54, 1.807) is 0 Å². The van der Waals surface area contributed by atoms with Gasteiger partial charge >= 0.3 is 11.9 Å². The molecule has 4 atom stereocenters. The summed E-state index contributed by atoms with van der Waals surface area (Å²) in [5.74, 6) is -1.11. The van der Waals surface area contributed by atoms with E-state index in [0.717, 1.165) is 0 Å². The lowest BCUT2D eigenvalue weighted by molar-refractivity contribution is -0.155. The SMILES string of the molecule is CC(=O)OC[C@H]1O[C@H](Br)[C@@H](F)[C@@H]1OC(C)=O. The Morgan fingerprint density at radius 2 is 2.00 bits per heavy atom. The molecule has 7 heteroatoms. The zero-order chi connectivity index (χ0) is 12.3. The van der Waals surface area contributed by atoms with Crippen molar-refractivity contribution in [2.45, 2.75) is 37.2 Å². The Morgan fingerprint density at radius 1 is 1.38 bits per heavy atom. The third kappa shape index (κ3) is 3.41. The summed E-state index contributed by atoms with van der Waals surface area (Å²) in [7, 11) is 0. The van der Waals surface area contributed by atoms with Crippen LogP contribution in [0.2, 0.25) is 0 Å². The second kappa shape index (κ2) is 5.58. The number of rotatable bonds is 3. The zero-order valence-corrected chi connectivity index (χ0v) is 10.4. The van der Waals surface area contributed by atoms with Gasteiger partial charge in [0.15, 0.2) is 12.3 Å². The van der Waals surface area contributed by atoms with E-state index < -0.39 is 35.3 Å². The Morgan fingerprint density at radius 3 is 2.50 bits per heavy atom. The Kier molecular flexibility index (Phi) is 4.67. The standard InChI is InChI=1S/C9H12BrFO5/c1-4(12)14-3-6-8(15-5(2)13)7(11)9(10)16-6/h6-9H,3H2,1-2H3/t6-,7+,8-,9+/m1/s1. The number of carbonyl (C=O) groups excluding carboxylic acids is 2. The van der Waals surface area contributed by atoms with Gasteiger partial charge in [0.25, 0.3) is 0 Å². The molecule has 1 aliphatic rings. The Bertz CT molecular complexity index is 285. The summed E-state index contributed by atoms with van der Waals surface area (Å²) in [4.78, 5) is 21.4. The predicted molar refractivity (Wildman–Crippen MR) is 54.7 cm³/mol. The van der Waals surface area contributed by atoms with Crippen LogP contribution in [0.3, 0.4) is 0 Å². The first-order valence-corrected chi connectivity index (χ1v) is 5.57. The van der Waals surface area contributed by atoms with E-state index in [-0.39, 0.29) is 6.61 Å². The second-order valence-electron chi connectivity index (χ2n) is 3.35. The van der Waals surface area contributed by atoms with Crippen LogP contribution in [0.1, 0.15) is 13.8 Å². The summed E-state index contributed by atoms with van der Waals surface area (Å²) >= 11 is 2.95. The highest BCUT2D eigenvalue weighted by atomic mass is 79.9. The van der Waals surface area contributed by atoms with E-state index in [9.17, 15) is 14.0 Å². The van der Waals surface area contributed by atoms with Crippen molar-refractivity contribution in [3.63, 3.8) is 0 Å². The van der Waals surface area contributed by atoms with Gasteiger partial charge in [-0.25, -0.2) is 4.39 Å². The van der Waals surface area contributed by atoms with Gasteiger partial charge < -0.3 is 14.2 Å². The van der Waals surface area contributed by atoms with Crippen molar-refractivity contribution in [2.24, 2.45) is 0 Å². The van der Waals surface area contributed by atoms with Crippen LogP contribution in [0.15, 0.2) is 0 Å². The van der Waals surface area contributed by atoms with Gasteiger partial charge in [0.05, 0.1) is 0 Å². The maximum absolute atomic E-state index is 13.5. The monoisotopic (exact) mass is 298 g/mol. The lowest BCUT2D eigenvalue weighted by Gasteiger charge is -2.18. The van der Waals surface area contributed by atoms with Crippen molar-refractivity contribution in [2.75, 3.05) is 6.61 Å². The Labute approximate surface area is 100 Å². The van der Waals surface area contributed by atoms with Crippen molar-refractivity contribution < 1.29 is 28.2 Å². The van der Waals surface area contributed by atoms with Gasteiger partial charge in [0.1, 0.15) is 17.7 Å². The molecular formula is C9H12BrFO5. The molecule has 0 aromatic rings. The average Bonchev–Trinajstić information content (AvgIpc) is 2.42. The van der Waals surface area contributed by atoms with Crippen molar-refractivity contribution in [1.82, 2.24) is 0 Å². The van der Waals surface area contributed by atoms with E-state index in [1.165, 1.54) is 13.8 Å². The minimum atomic E-state index is -1.48. The van der Waals surface area contributed by atoms with Crippen LogP contribution in [-0.2, 0) is 23.8 Å². The summed E-state index contributed by atoms with van der Waals surface area (Å²) in [6.45, 7) is 2.27. The van der Waals surface area contributed by atoms with Crippen molar-refractivity contribution in [1.29, 1.82) is 0 Å². The van der Waals surface area contributed by atoms with Gasteiger partial charge in [-0.3, -0.25) is 9.59 Å². The highest BCUT2D eigenvalue weighted by Gasteiger charge is 2.46. The number of halogens is 2. The molecule has 0 bridgehead atoms. The molecule has 0 unspecified atom stereocenters. The number of carbonyl (C=O) groups is 2. The zero-order valence-electron chi connectivity index (χ0n) is 8.81. The third-order valence-corrected chi connectivity index (χ3v) is 2.71. The topological polar surface area (TPSA) is 61.8 Å². The van der Waals surface area contributed by atoms with Crippen LogP contribution in [0, 0.1) is 0 Å². The minimum Gasteiger partial charge on any atom is -0.463 e. The normalized spacial score (nSPS) is 33.5. The van der Waals surface area contributed by atoms with E-state index in [4.69, 9.17) is 14.2 Å². The molecule has 5 nitrogen and oxygen atoms in total. The smallest absolute Gasteiger partial charge is 0.303 e. The number of hydrogen-bond donors (Lipinski definition) is 0. The van der Waals surface area contributed by atoms with Crippen LogP contribution >= 0.6 is 15.9 Å². The molecule has 16 heavy (non-hydrogen) atoms. The molecule has 0 amide bonds. The van der Waals surface area contributed by atoms with Crippen molar-refractivity contribution >= 4 is 27.9 Å². The molecular weight excluding hydrogens is 287 g/mol. The molecule has 1 rings (SSSR count). The van der Waals surface area contributed by atoms with Crippen LogP contribution < -0.4 is 0 Å². The second-order valence-corrected chi connectivity index (χ2v) is 4.25. The van der Waals surface area contributed by atoms with Crippen molar-refractivity contribution in [3.05, 3.63) is 0 Å². The number of ether oxygens (including phenoxy) is 3. The van der Waals surface area contributed by atoms with E-state index in [2.05, 4.69) is 15.9 Å². The minimum absolute atomic E-state index is 0.143. The van der Waals surface area contributed by atoms with Crippen LogP contribution in [-0.4, -0.2) is 41.9 Å². The Balaban J connectivity index is 2.59. The number of alkyl halides is 2. The molecule has 0 aromatic carbocycles. The number of esters is 2. The van der Waals surface area contributed by atoms with Gasteiger partial charge in [-0.1, -0.05) is 15.9 Å². The first-order valence-electron chi connectivity index (χ1n) is 4.66. The summed E-state index contributed by atoms with van der Waals surface area (Å²) in [5.41, 5.74) is 0. The highest BCUT2D eigenvalue weighted by Crippen LogP contribution is 2.30. The summed E-state index contributed by atoms with van der Waals surface area (Å²) < 4.78 is 28.1. The molecule has 0 radical (unpaired) electrons. The molecule has 0 spiro atoms. The van der Waals surface area contributed by atoms with Gasteiger partial charge in [-0.15, -0.1) is 0 Å². The molecule has 92 valence electrons. The molecule has 1 aliphatic heterocycles. The quantitative estimate of drug-likeness (QED) is 0.573. The van der Waals surface area contributed by atoms with Crippen LogP contribution in [0.4, 0.5) is 4.39 Å². The molecule has 0 N–H and O–H groups in total. The molecule has 0 aliphatic carbocycles. The fraction of sp³-hybridized carbons (Fsp3) is 0.778. The molecule has 1 saturated heterocycles. The average molecular weight is 299 g/mol. The maximum atomic E-state index is 13.5. The van der Waals surface area contributed by atoms with Crippen LogP contribution in [0.25, 0.3) is 0 Å². The van der Waals surface area contributed by atoms with Gasteiger partial charge in [0, 0.05) is 13.8 Å². The van der Waals surface area contributed by atoms with E-state index in [1.807, 2.05) is 0 Å². The van der Waals surface area contributed by atoms with Crippen LogP contribution in [0.5, 0.6) is 0 Å². The largest absolute Gasteiger partial charge is 0.463 e. The molecule has 1 fully saturated rings. The van der Waals surface area contributed by atoms with E-state index >= 15 is 0 Å². The summed E-state index contributed by atoms with van der Waals surface area (Å²) in [6, 6.07) is 0. The lowest BCUT2D eigenvalue weighted by Crippen LogP contribution is -2.36. The van der Waals surface area contributed by atoms with E-state index in [0.29, 0.717) is 0 Å². The molecule has 0 saturated carbocycles. The first kappa shape index (κ1) is 13.4. The maximum Gasteiger partial charge on any atom is 0.303 e. The summed E-state index contributed by atoms with van der Waals surface area (Å²) in [6.07, 6.45) is -3.32. The number of hydrogen-bond acceptors (Lipinski definition) is 5. The van der Waals surface area contributed by atoms with Gasteiger partial charge in [-0.2, -0.15) is 0 Å². The predicted octanol–water partition coefficient (Wildman–Crippen LogP) is 0.939. The Hall–Kier alpha value is -0.690. The molecule has 0 aromatic heterocycles. The fourth-order valence-corrected chi connectivity index (χ4v) is 1.92. The van der Waals surface area contributed by atoms with Gasteiger partial charge in [0.2, 0.25) is 0 Å². The molecule has 1 heterocycles. The van der Waals surface area contributed by atoms with Gasteiger partial charge in [-0.05, 0) is 0 Å². The fourth-order valence-electron chi connectivity index (χ4n) is 1.34.